The number of carbonyl (C=O) groups excluding carboxylic acids is 2. The second-order valence-corrected chi connectivity index (χ2v) is 10.2. The highest BCUT2D eigenvalue weighted by molar-refractivity contribution is 6.36. The molecule has 1 fully saturated rings. The van der Waals surface area contributed by atoms with Crippen LogP contribution < -0.4 is 5.32 Å². The molecule has 37 heavy (non-hydrogen) atoms. The highest BCUT2D eigenvalue weighted by atomic mass is 16.5. The van der Waals surface area contributed by atoms with E-state index in [1.165, 1.54) is 17.3 Å². The maximum absolute atomic E-state index is 12.3. The Labute approximate surface area is 224 Å². The number of hydrogen-bond donors (Lipinski definition) is 1. The minimum atomic E-state index is -0.546. The van der Waals surface area contributed by atoms with Gasteiger partial charge in [0.1, 0.15) is 0 Å². The van der Waals surface area contributed by atoms with Crippen molar-refractivity contribution in [2.45, 2.75) is 78.2 Å². The van der Waals surface area contributed by atoms with E-state index in [9.17, 15) is 9.59 Å². The van der Waals surface area contributed by atoms with Crippen LogP contribution in [0.1, 0.15) is 82.8 Å². The molecule has 0 radical (unpaired) electrons. The molecule has 204 valence electrons. The first-order chi connectivity index (χ1) is 17.9. The monoisotopic (exact) mass is 509 g/mol. The standard InChI is InChI=1S/C31H47N3O3/c1-5-6-7-10-29(32-20-23-37-4)16-19-33-31(36)30(35)11-8-9-26-17-21-34(22-18-26)24-27-12-14-28(15-13-27)25(2)3/h6-7,12-16,19,25-26H,5,8-11,17-18,20-24H2,1-4H3,(H,33,36)/b7-6-,19-16+,32-29?. The van der Waals surface area contributed by atoms with Crippen molar-refractivity contribution in [3.63, 3.8) is 0 Å². The van der Waals surface area contributed by atoms with Gasteiger partial charge in [-0.15, -0.1) is 0 Å². The van der Waals surface area contributed by atoms with Crippen LogP contribution in [0.3, 0.4) is 0 Å². The maximum atomic E-state index is 12.3. The summed E-state index contributed by atoms with van der Waals surface area (Å²) in [5.74, 6) is 0.304. The van der Waals surface area contributed by atoms with Crippen molar-refractivity contribution in [1.29, 1.82) is 0 Å². The van der Waals surface area contributed by atoms with Crippen LogP contribution in [0.15, 0.2) is 53.7 Å². The average molecular weight is 510 g/mol. The molecule has 0 aliphatic carbocycles. The van der Waals surface area contributed by atoms with Crippen molar-refractivity contribution in [3.05, 3.63) is 59.8 Å². The van der Waals surface area contributed by atoms with Crippen LogP contribution in [0, 0.1) is 5.92 Å². The summed E-state index contributed by atoms with van der Waals surface area (Å²) in [5, 5.41) is 2.61. The Bertz CT molecular complexity index is 895. The average Bonchev–Trinajstić information content (AvgIpc) is 2.89. The molecular formula is C31H47N3O3. The van der Waals surface area contributed by atoms with E-state index in [0.29, 0.717) is 37.8 Å². The molecule has 0 atom stereocenters. The second-order valence-electron chi connectivity index (χ2n) is 10.2. The summed E-state index contributed by atoms with van der Waals surface area (Å²) < 4.78 is 5.05. The van der Waals surface area contributed by atoms with Crippen molar-refractivity contribution in [2.75, 3.05) is 33.4 Å². The number of likely N-dealkylation sites (tertiary alicyclic amines) is 1. The Hall–Kier alpha value is -2.57. The summed E-state index contributed by atoms with van der Waals surface area (Å²) in [6.45, 7) is 10.8. The molecule has 1 heterocycles. The summed E-state index contributed by atoms with van der Waals surface area (Å²) in [6, 6.07) is 9.00. The number of rotatable bonds is 16. The van der Waals surface area contributed by atoms with Gasteiger partial charge in [-0.1, -0.05) is 57.2 Å². The van der Waals surface area contributed by atoms with Gasteiger partial charge in [0, 0.05) is 38.4 Å². The number of carbonyl (C=O) groups is 2. The molecule has 0 aromatic heterocycles. The van der Waals surface area contributed by atoms with E-state index in [2.05, 4.69) is 72.4 Å². The Kier molecular flexibility index (Phi) is 14.8. The van der Waals surface area contributed by atoms with Crippen molar-refractivity contribution in [2.24, 2.45) is 10.9 Å². The summed E-state index contributed by atoms with van der Waals surface area (Å²) >= 11 is 0. The molecule has 1 saturated heterocycles. The van der Waals surface area contributed by atoms with Gasteiger partial charge >= 0.3 is 0 Å². The smallest absolute Gasteiger partial charge is 0.291 e. The minimum Gasteiger partial charge on any atom is -0.383 e. The number of ketones is 1. The van der Waals surface area contributed by atoms with Gasteiger partial charge in [-0.3, -0.25) is 19.5 Å². The number of aliphatic imine (C=N–C) groups is 1. The predicted molar refractivity (Wildman–Crippen MR) is 153 cm³/mol. The Morgan fingerprint density at radius 1 is 1.16 bits per heavy atom. The van der Waals surface area contributed by atoms with E-state index in [1.54, 1.807) is 13.2 Å². The molecule has 1 aliphatic heterocycles. The number of amides is 1. The van der Waals surface area contributed by atoms with Gasteiger partial charge < -0.3 is 10.1 Å². The molecule has 1 aliphatic rings. The molecule has 0 spiro atoms. The van der Waals surface area contributed by atoms with Crippen LogP contribution in [0.2, 0.25) is 0 Å². The van der Waals surface area contributed by atoms with Gasteiger partial charge in [-0.25, -0.2) is 0 Å². The van der Waals surface area contributed by atoms with Gasteiger partial charge in [0.2, 0.25) is 5.78 Å². The van der Waals surface area contributed by atoms with Gasteiger partial charge in [0.25, 0.3) is 5.91 Å². The summed E-state index contributed by atoms with van der Waals surface area (Å²) in [6.07, 6.45) is 13.5. The Morgan fingerprint density at radius 2 is 1.89 bits per heavy atom. The van der Waals surface area contributed by atoms with E-state index in [0.717, 1.165) is 57.5 Å². The van der Waals surface area contributed by atoms with Crippen LogP contribution in [0.25, 0.3) is 0 Å². The number of Topliss-reactive ketones (excluding diaryl/α,β-unsaturated/α-hetero) is 1. The van der Waals surface area contributed by atoms with Gasteiger partial charge in [0.15, 0.2) is 0 Å². The van der Waals surface area contributed by atoms with Crippen molar-refractivity contribution in [1.82, 2.24) is 10.2 Å². The largest absolute Gasteiger partial charge is 0.383 e. The first-order valence-electron chi connectivity index (χ1n) is 13.9. The van der Waals surface area contributed by atoms with Gasteiger partial charge in [0.05, 0.1) is 13.2 Å². The molecule has 6 nitrogen and oxygen atoms in total. The van der Waals surface area contributed by atoms with Crippen molar-refractivity contribution >= 4 is 17.4 Å². The van der Waals surface area contributed by atoms with Crippen LogP contribution in [0.5, 0.6) is 0 Å². The second kappa shape index (κ2) is 17.8. The lowest BCUT2D eigenvalue weighted by molar-refractivity contribution is -0.137. The third-order valence-electron chi connectivity index (χ3n) is 6.86. The van der Waals surface area contributed by atoms with Crippen LogP contribution in [-0.2, 0) is 20.9 Å². The normalized spacial score (nSPS) is 15.8. The minimum absolute atomic E-state index is 0.302. The van der Waals surface area contributed by atoms with E-state index >= 15 is 0 Å². The van der Waals surface area contributed by atoms with Crippen molar-refractivity contribution in [3.8, 4) is 0 Å². The SMILES string of the molecule is CC/C=C\CC(/C=C/NC(=O)C(=O)CCCC1CCN(Cc2ccc(C(C)C)cc2)CC1)=NCCOC. The molecule has 0 saturated carbocycles. The van der Waals surface area contributed by atoms with E-state index in [4.69, 9.17) is 4.74 Å². The Morgan fingerprint density at radius 3 is 2.54 bits per heavy atom. The van der Waals surface area contributed by atoms with Crippen LogP contribution in [0.4, 0.5) is 0 Å². The van der Waals surface area contributed by atoms with Gasteiger partial charge in [-0.05, 0) is 74.2 Å². The summed E-state index contributed by atoms with van der Waals surface area (Å²) in [7, 11) is 1.64. The van der Waals surface area contributed by atoms with Crippen molar-refractivity contribution < 1.29 is 14.3 Å². The highest BCUT2D eigenvalue weighted by Crippen LogP contribution is 2.24. The zero-order chi connectivity index (χ0) is 26.9. The lowest BCUT2D eigenvalue weighted by Crippen LogP contribution is -2.33. The molecule has 1 N–H and O–H groups in total. The summed E-state index contributed by atoms with van der Waals surface area (Å²) in [4.78, 5) is 31.5. The van der Waals surface area contributed by atoms with E-state index in [1.807, 2.05) is 0 Å². The fraction of sp³-hybridized carbons (Fsp3) is 0.581. The maximum Gasteiger partial charge on any atom is 0.291 e. The number of nitrogens with zero attached hydrogens (tertiary/aromatic N) is 2. The third kappa shape index (κ3) is 12.5. The van der Waals surface area contributed by atoms with E-state index < -0.39 is 5.91 Å². The molecule has 1 amide bonds. The first kappa shape index (κ1) is 30.7. The Balaban J connectivity index is 1.66. The van der Waals surface area contributed by atoms with Gasteiger partial charge in [-0.2, -0.15) is 0 Å². The number of methoxy groups -OCH3 is 1. The zero-order valence-electron chi connectivity index (χ0n) is 23.4. The molecule has 0 bridgehead atoms. The molecule has 6 heteroatoms. The molecule has 0 unspecified atom stereocenters. The quantitative estimate of drug-likeness (QED) is 0.132. The van der Waals surface area contributed by atoms with E-state index in [-0.39, 0.29) is 5.78 Å². The lowest BCUT2D eigenvalue weighted by atomic mass is 9.91. The molecular weight excluding hydrogens is 462 g/mol. The highest BCUT2D eigenvalue weighted by Gasteiger charge is 2.20. The van der Waals surface area contributed by atoms with Crippen LogP contribution >= 0.6 is 0 Å². The molecule has 2 rings (SSSR count). The first-order valence-corrected chi connectivity index (χ1v) is 13.9. The number of piperidine rings is 1. The fourth-order valence-electron chi connectivity index (χ4n) is 4.49. The number of nitrogens with one attached hydrogen (secondary N) is 1. The predicted octanol–water partition coefficient (Wildman–Crippen LogP) is 5.84. The van der Waals surface area contributed by atoms with Crippen LogP contribution in [-0.4, -0.2) is 55.7 Å². The number of allylic oxidation sites excluding steroid dienone is 3. The number of hydrogen-bond acceptors (Lipinski definition) is 5. The molecule has 1 aromatic carbocycles. The molecule has 1 aromatic rings. The number of benzene rings is 1. The fourth-order valence-corrected chi connectivity index (χ4v) is 4.49. The lowest BCUT2D eigenvalue weighted by Gasteiger charge is -2.32. The number of ether oxygens (including phenoxy) is 1. The zero-order valence-corrected chi connectivity index (χ0v) is 23.4. The third-order valence-corrected chi connectivity index (χ3v) is 6.86. The summed E-state index contributed by atoms with van der Waals surface area (Å²) in [5.41, 5.74) is 3.60. The topological polar surface area (TPSA) is 71.0 Å².